The van der Waals surface area contributed by atoms with Crippen LogP contribution in [-0.4, -0.2) is 5.91 Å². The van der Waals surface area contributed by atoms with Crippen molar-refractivity contribution in [1.29, 1.82) is 0 Å². The number of hydrogen-bond acceptors (Lipinski definition) is 3. The van der Waals surface area contributed by atoms with Crippen LogP contribution in [0, 0.1) is 6.92 Å². The molecule has 0 saturated heterocycles. The van der Waals surface area contributed by atoms with E-state index in [1.54, 1.807) is 0 Å². The number of benzene rings is 2. The van der Waals surface area contributed by atoms with Gasteiger partial charge in [0.25, 0.3) is 5.91 Å². The van der Waals surface area contributed by atoms with E-state index in [0.29, 0.717) is 10.6 Å². The van der Waals surface area contributed by atoms with Crippen LogP contribution in [0.5, 0.6) is 0 Å². The van der Waals surface area contributed by atoms with E-state index in [2.05, 4.69) is 24.3 Å². The lowest BCUT2D eigenvalue weighted by Crippen LogP contribution is -2.13. The Morgan fingerprint density at radius 3 is 2.00 bits per heavy atom. The molecular formula is C18H16N2OS. The van der Waals surface area contributed by atoms with Crippen molar-refractivity contribution in [2.45, 2.75) is 6.92 Å². The van der Waals surface area contributed by atoms with E-state index in [1.165, 1.54) is 16.9 Å². The maximum absolute atomic E-state index is 11.5. The predicted molar refractivity (Wildman–Crippen MR) is 92.9 cm³/mol. The van der Waals surface area contributed by atoms with Gasteiger partial charge in [0.05, 0.1) is 10.6 Å². The zero-order valence-corrected chi connectivity index (χ0v) is 13.0. The second-order valence-corrected chi connectivity index (χ2v) is 6.16. The molecule has 0 radical (unpaired) electrons. The fourth-order valence-electron chi connectivity index (χ4n) is 2.56. The van der Waals surface area contributed by atoms with Gasteiger partial charge in [-0.25, -0.2) is 0 Å². The highest BCUT2D eigenvalue weighted by Gasteiger charge is 2.18. The third kappa shape index (κ3) is 2.49. The Labute approximate surface area is 133 Å². The van der Waals surface area contributed by atoms with Gasteiger partial charge in [-0.1, -0.05) is 54.6 Å². The molecule has 2 aromatic carbocycles. The number of nitrogens with two attached hydrogens (primary N) is 2. The fourth-order valence-corrected chi connectivity index (χ4v) is 3.65. The van der Waals surface area contributed by atoms with Crippen LogP contribution in [0.4, 0.5) is 5.00 Å². The average Bonchev–Trinajstić information content (AvgIpc) is 2.83. The summed E-state index contributed by atoms with van der Waals surface area (Å²) in [6, 6.07) is 18.4. The van der Waals surface area contributed by atoms with Crippen molar-refractivity contribution in [3.05, 3.63) is 65.7 Å². The number of anilines is 1. The maximum atomic E-state index is 11.5. The van der Waals surface area contributed by atoms with Gasteiger partial charge in [0.15, 0.2) is 0 Å². The Balaban J connectivity index is 2.01. The molecule has 0 unspecified atom stereocenters. The summed E-state index contributed by atoms with van der Waals surface area (Å²) in [6.07, 6.45) is 0. The Hall–Kier alpha value is -2.59. The van der Waals surface area contributed by atoms with Crippen molar-refractivity contribution in [3.63, 3.8) is 0 Å². The van der Waals surface area contributed by atoms with Crippen molar-refractivity contribution < 1.29 is 4.79 Å². The number of hydrogen-bond donors (Lipinski definition) is 2. The molecule has 1 heterocycles. The predicted octanol–water partition coefficient (Wildman–Crippen LogP) is 4.07. The van der Waals surface area contributed by atoms with E-state index >= 15 is 0 Å². The monoisotopic (exact) mass is 308 g/mol. The number of carbonyl (C=O) groups is 1. The lowest BCUT2D eigenvalue weighted by molar-refractivity contribution is 0.100. The first-order valence-electron chi connectivity index (χ1n) is 6.92. The third-order valence-corrected chi connectivity index (χ3v) is 4.84. The summed E-state index contributed by atoms with van der Waals surface area (Å²) >= 11 is 1.40. The van der Waals surface area contributed by atoms with Gasteiger partial charge >= 0.3 is 0 Å². The molecule has 0 aliphatic carbocycles. The highest BCUT2D eigenvalue weighted by Crippen LogP contribution is 2.38. The Morgan fingerprint density at radius 2 is 1.45 bits per heavy atom. The highest BCUT2D eigenvalue weighted by atomic mass is 32.1. The van der Waals surface area contributed by atoms with Crippen LogP contribution in [0.1, 0.15) is 15.9 Å². The maximum Gasteiger partial charge on any atom is 0.251 e. The average molecular weight is 308 g/mol. The molecule has 0 saturated carbocycles. The smallest absolute Gasteiger partial charge is 0.251 e. The lowest BCUT2D eigenvalue weighted by Gasteiger charge is -2.04. The lowest BCUT2D eigenvalue weighted by atomic mass is 10.0. The number of thiophene rings is 1. The van der Waals surface area contributed by atoms with Gasteiger partial charge in [-0.3, -0.25) is 4.79 Å². The summed E-state index contributed by atoms with van der Waals surface area (Å²) in [5.41, 5.74) is 16.0. The van der Waals surface area contributed by atoms with Crippen LogP contribution < -0.4 is 11.5 Å². The fraction of sp³-hybridized carbons (Fsp3) is 0.0556. The number of rotatable bonds is 3. The summed E-state index contributed by atoms with van der Waals surface area (Å²) in [4.78, 5) is 12.5. The molecule has 22 heavy (non-hydrogen) atoms. The molecule has 0 fully saturated rings. The Kier molecular flexibility index (Phi) is 3.69. The topological polar surface area (TPSA) is 69.1 Å². The quantitative estimate of drug-likeness (QED) is 0.765. The molecular weight excluding hydrogens is 292 g/mol. The molecule has 4 N–H and O–H groups in total. The van der Waals surface area contributed by atoms with Crippen LogP contribution in [0.25, 0.3) is 21.6 Å². The summed E-state index contributed by atoms with van der Waals surface area (Å²) < 4.78 is 0. The van der Waals surface area contributed by atoms with E-state index in [9.17, 15) is 4.79 Å². The van der Waals surface area contributed by atoms with E-state index in [1.807, 2.05) is 37.3 Å². The number of nitrogen functional groups attached to an aromatic ring is 1. The molecule has 4 heteroatoms. The van der Waals surface area contributed by atoms with Gasteiger partial charge in [0.1, 0.15) is 0 Å². The van der Waals surface area contributed by atoms with Gasteiger partial charge in [0, 0.05) is 4.88 Å². The summed E-state index contributed by atoms with van der Waals surface area (Å²) in [5.74, 6) is -0.474. The molecule has 0 aliphatic heterocycles. The molecule has 0 bridgehead atoms. The molecule has 0 atom stereocenters. The third-order valence-electron chi connectivity index (χ3n) is 3.67. The van der Waals surface area contributed by atoms with E-state index in [-0.39, 0.29) is 0 Å². The zero-order chi connectivity index (χ0) is 15.7. The van der Waals surface area contributed by atoms with Gasteiger partial charge in [0.2, 0.25) is 0 Å². The van der Waals surface area contributed by atoms with Crippen molar-refractivity contribution >= 4 is 22.2 Å². The van der Waals surface area contributed by atoms with Crippen molar-refractivity contribution in [3.8, 4) is 21.6 Å². The summed E-state index contributed by atoms with van der Waals surface area (Å²) in [5, 5.41) is 0.479. The van der Waals surface area contributed by atoms with E-state index < -0.39 is 5.91 Å². The van der Waals surface area contributed by atoms with Crippen molar-refractivity contribution in [2.75, 3.05) is 5.73 Å². The molecule has 110 valence electrons. The zero-order valence-electron chi connectivity index (χ0n) is 12.2. The first-order valence-corrected chi connectivity index (χ1v) is 7.74. The van der Waals surface area contributed by atoms with Gasteiger partial charge < -0.3 is 11.5 Å². The number of amides is 1. The minimum absolute atomic E-state index is 0.437. The second kappa shape index (κ2) is 5.66. The number of carbonyl (C=O) groups excluding carboxylic acids is 1. The Bertz CT molecular complexity index is 820. The highest BCUT2D eigenvalue weighted by molar-refractivity contribution is 7.19. The largest absolute Gasteiger partial charge is 0.390 e. The number of primary amides is 1. The Morgan fingerprint density at radius 1 is 0.909 bits per heavy atom. The van der Waals surface area contributed by atoms with Crippen molar-refractivity contribution in [1.82, 2.24) is 0 Å². The molecule has 0 spiro atoms. The normalized spacial score (nSPS) is 10.6. The van der Waals surface area contributed by atoms with Crippen LogP contribution >= 0.6 is 11.3 Å². The van der Waals surface area contributed by atoms with Gasteiger partial charge in [-0.15, -0.1) is 11.3 Å². The van der Waals surface area contributed by atoms with Gasteiger partial charge in [-0.05, 0) is 29.2 Å². The van der Waals surface area contributed by atoms with Crippen molar-refractivity contribution in [2.24, 2.45) is 5.73 Å². The molecule has 0 aliphatic rings. The van der Waals surface area contributed by atoms with E-state index in [4.69, 9.17) is 11.5 Å². The van der Waals surface area contributed by atoms with Crippen LogP contribution in [0.15, 0.2) is 54.6 Å². The van der Waals surface area contributed by atoms with E-state index in [0.717, 1.165) is 21.6 Å². The van der Waals surface area contributed by atoms with Crippen LogP contribution in [0.3, 0.4) is 0 Å². The molecule has 1 aromatic heterocycles. The second-order valence-electron chi connectivity index (χ2n) is 5.10. The minimum atomic E-state index is -0.474. The minimum Gasteiger partial charge on any atom is -0.390 e. The first kappa shape index (κ1) is 14.4. The molecule has 3 rings (SSSR count). The van der Waals surface area contributed by atoms with Gasteiger partial charge in [-0.2, -0.15) is 0 Å². The first-order chi connectivity index (χ1) is 10.6. The molecule has 3 nitrogen and oxygen atoms in total. The van der Waals surface area contributed by atoms with Crippen LogP contribution in [-0.2, 0) is 0 Å². The SMILES string of the molecule is Cc1c(-c2ccc(-c3ccccc3)cc2)sc(N)c1C(N)=O. The summed E-state index contributed by atoms with van der Waals surface area (Å²) in [6.45, 7) is 1.88. The molecule has 3 aromatic rings. The standard InChI is InChI=1S/C18H16N2OS/c1-11-15(17(19)21)18(20)22-16(11)14-9-7-13(8-10-14)12-5-3-2-4-6-12/h2-10H,20H2,1H3,(H2,19,21). The van der Waals surface area contributed by atoms with Crippen LogP contribution in [0.2, 0.25) is 0 Å². The summed E-state index contributed by atoms with van der Waals surface area (Å²) in [7, 11) is 0. The molecule has 1 amide bonds.